The Hall–Kier alpha value is -2.44. The Labute approximate surface area is 204 Å². The third kappa shape index (κ3) is 7.61. The normalized spacial score (nSPS) is 14.8. The van der Waals surface area contributed by atoms with Gasteiger partial charge in [-0.15, -0.1) is 24.0 Å². The van der Waals surface area contributed by atoms with Crippen LogP contribution in [0.25, 0.3) is 11.4 Å². The molecular formula is C21H30FIN6O3. The van der Waals surface area contributed by atoms with Crippen molar-refractivity contribution < 1.29 is 18.4 Å². The van der Waals surface area contributed by atoms with Gasteiger partial charge in [-0.25, -0.2) is 9.18 Å². The molecule has 11 heteroatoms. The third-order valence-corrected chi connectivity index (χ3v) is 4.65. The second-order valence-corrected chi connectivity index (χ2v) is 8.32. The van der Waals surface area contributed by atoms with Gasteiger partial charge in [0.15, 0.2) is 5.96 Å². The number of hydrogen-bond donors (Lipinski definition) is 1. The highest BCUT2D eigenvalue weighted by molar-refractivity contribution is 14.0. The summed E-state index contributed by atoms with van der Waals surface area (Å²) in [5.74, 6) is 1.08. The van der Waals surface area contributed by atoms with E-state index in [0.717, 1.165) is 0 Å². The topological polar surface area (TPSA) is 110 Å². The number of ether oxygens (including phenoxy) is 1. The molecule has 0 saturated carbocycles. The molecule has 0 atom stereocenters. The van der Waals surface area contributed by atoms with Gasteiger partial charge in [-0.2, -0.15) is 4.98 Å². The average molecular weight is 560 g/mol. The number of amides is 1. The van der Waals surface area contributed by atoms with Gasteiger partial charge in [-0.05, 0) is 51.5 Å². The number of nitrogens with zero attached hydrogens (tertiary/aromatic N) is 5. The van der Waals surface area contributed by atoms with Gasteiger partial charge < -0.3 is 24.8 Å². The number of carbonyl (C=O) groups is 1. The summed E-state index contributed by atoms with van der Waals surface area (Å²) in [5, 5.41) is 3.93. The van der Waals surface area contributed by atoms with Crippen molar-refractivity contribution in [2.45, 2.75) is 39.2 Å². The van der Waals surface area contributed by atoms with E-state index in [9.17, 15) is 9.18 Å². The predicted molar refractivity (Wildman–Crippen MR) is 129 cm³/mol. The number of piperazine rings is 1. The standard InChI is InChI=1S/C21H29FN6O3.HI/c1-21(2,3)30-20(29)28-13-11-27(12-14-28)19(23)24-10-4-5-17-25-18(26-31-17)15-6-8-16(22)9-7-15;/h6-9H,4-5,10-14H2,1-3H3,(H2,23,24);1H. The van der Waals surface area contributed by atoms with E-state index in [4.69, 9.17) is 15.0 Å². The molecule has 2 N–H and O–H groups in total. The fourth-order valence-corrected chi connectivity index (χ4v) is 3.04. The average Bonchev–Trinajstić information content (AvgIpc) is 3.19. The van der Waals surface area contributed by atoms with Crippen molar-refractivity contribution in [1.29, 1.82) is 0 Å². The lowest BCUT2D eigenvalue weighted by molar-refractivity contribution is 0.0186. The molecule has 176 valence electrons. The van der Waals surface area contributed by atoms with Crippen molar-refractivity contribution in [3.63, 3.8) is 0 Å². The third-order valence-electron chi connectivity index (χ3n) is 4.65. The van der Waals surface area contributed by atoms with Crippen LogP contribution in [0.15, 0.2) is 33.8 Å². The highest BCUT2D eigenvalue weighted by atomic mass is 127. The largest absolute Gasteiger partial charge is 0.444 e. The molecule has 2 heterocycles. The molecule has 3 rings (SSSR count). The van der Waals surface area contributed by atoms with Crippen LogP contribution in [0.3, 0.4) is 0 Å². The Morgan fingerprint density at radius 2 is 1.81 bits per heavy atom. The quantitative estimate of drug-likeness (QED) is 0.259. The molecule has 1 aromatic heterocycles. The van der Waals surface area contributed by atoms with Crippen LogP contribution in [0.1, 0.15) is 33.1 Å². The maximum atomic E-state index is 13.0. The van der Waals surface area contributed by atoms with Gasteiger partial charge in [-0.3, -0.25) is 4.99 Å². The molecule has 1 aliphatic rings. The van der Waals surface area contributed by atoms with Crippen LogP contribution in [-0.2, 0) is 11.2 Å². The van der Waals surface area contributed by atoms with E-state index in [1.165, 1.54) is 12.1 Å². The van der Waals surface area contributed by atoms with E-state index in [1.54, 1.807) is 17.0 Å². The Kier molecular flexibility index (Phi) is 9.22. The minimum absolute atomic E-state index is 0. The minimum atomic E-state index is -0.507. The molecule has 0 bridgehead atoms. The molecule has 0 aliphatic carbocycles. The second-order valence-electron chi connectivity index (χ2n) is 8.32. The maximum absolute atomic E-state index is 13.0. The Bertz CT molecular complexity index is 905. The van der Waals surface area contributed by atoms with E-state index in [0.29, 0.717) is 68.8 Å². The van der Waals surface area contributed by atoms with Gasteiger partial charge in [0.1, 0.15) is 11.4 Å². The smallest absolute Gasteiger partial charge is 0.410 e. The maximum Gasteiger partial charge on any atom is 0.410 e. The molecule has 1 fully saturated rings. The molecule has 0 radical (unpaired) electrons. The van der Waals surface area contributed by atoms with Gasteiger partial charge in [0, 0.05) is 44.7 Å². The predicted octanol–water partition coefficient (Wildman–Crippen LogP) is 3.29. The van der Waals surface area contributed by atoms with Crippen LogP contribution >= 0.6 is 24.0 Å². The molecule has 9 nitrogen and oxygen atoms in total. The first-order valence-corrected chi connectivity index (χ1v) is 10.3. The zero-order valence-electron chi connectivity index (χ0n) is 18.6. The first-order chi connectivity index (χ1) is 14.7. The summed E-state index contributed by atoms with van der Waals surface area (Å²) in [7, 11) is 0. The molecule has 1 aliphatic heterocycles. The SMILES string of the molecule is CC(C)(C)OC(=O)N1CCN(C(N)=NCCCc2nc(-c3ccc(F)cc3)no2)CC1.I. The highest BCUT2D eigenvalue weighted by Crippen LogP contribution is 2.16. The van der Waals surface area contributed by atoms with Gasteiger partial charge in [-0.1, -0.05) is 5.16 Å². The number of rotatable bonds is 5. The van der Waals surface area contributed by atoms with Crippen LogP contribution < -0.4 is 5.73 Å². The van der Waals surface area contributed by atoms with Crippen LogP contribution in [0, 0.1) is 5.82 Å². The van der Waals surface area contributed by atoms with Crippen molar-refractivity contribution >= 4 is 36.0 Å². The van der Waals surface area contributed by atoms with Crippen molar-refractivity contribution in [2.75, 3.05) is 32.7 Å². The summed E-state index contributed by atoms with van der Waals surface area (Å²) in [6.07, 6.45) is 0.961. The summed E-state index contributed by atoms with van der Waals surface area (Å²) in [4.78, 5) is 24.5. The number of nitrogens with two attached hydrogens (primary N) is 1. The number of carbonyl (C=O) groups excluding carboxylic acids is 1. The van der Waals surface area contributed by atoms with Gasteiger partial charge in [0.05, 0.1) is 0 Å². The number of aryl methyl sites for hydroxylation is 1. The van der Waals surface area contributed by atoms with Crippen LogP contribution in [0.2, 0.25) is 0 Å². The number of benzene rings is 1. The van der Waals surface area contributed by atoms with E-state index in [-0.39, 0.29) is 35.9 Å². The molecule has 32 heavy (non-hydrogen) atoms. The molecular weight excluding hydrogens is 530 g/mol. The summed E-state index contributed by atoms with van der Waals surface area (Å²) >= 11 is 0. The number of guanidine groups is 1. The molecule has 0 unspecified atom stereocenters. The van der Waals surface area contributed by atoms with Gasteiger partial charge in [0.2, 0.25) is 11.7 Å². The summed E-state index contributed by atoms with van der Waals surface area (Å²) in [6, 6.07) is 5.93. The molecule has 1 aromatic carbocycles. The Morgan fingerprint density at radius 3 is 2.44 bits per heavy atom. The Morgan fingerprint density at radius 1 is 1.19 bits per heavy atom. The number of hydrogen-bond acceptors (Lipinski definition) is 6. The van der Waals surface area contributed by atoms with Crippen molar-refractivity contribution in [1.82, 2.24) is 19.9 Å². The van der Waals surface area contributed by atoms with Crippen molar-refractivity contribution in [2.24, 2.45) is 10.7 Å². The zero-order chi connectivity index (χ0) is 22.4. The number of halogens is 2. The monoisotopic (exact) mass is 560 g/mol. The van der Waals surface area contributed by atoms with Crippen LogP contribution in [0.5, 0.6) is 0 Å². The highest BCUT2D eigenvalue weighted by Gasteiger charge is 2.26. The van der Waals surface area contributed by atoms with Crippen molar-refractivity contribution in [3.05, 3.63) is 36.0 Å². The number of aliphatic imine (C=N–C) groups is 1. The lowest BCUT2D eigenvalue weighted by atomic mass is 10.2. The van der Waals surface area contributed by atoms with Crippen molar-refractivity contribution in [3.8, 4) is 11.4 Å². The van der Waals surface area contributed by atoms with Gasteiger partial charge in [0.25, 0.3) is 0 Å². The lowest BCUT2D eigenvalue weighted by Gasteiger charge is -2.36. The van der Waals surface area contributed by atoms with E-state index >= 15 is 0 Å². The second kappa shape index (κ2) is 11.4. The van der Waals surface area contributed by atoms with E-state index in [1.807, 2.05) is 25.7 Å². The lowest BCUT2D eigenvalue weighted by Crippen LogP contribution is -2.53. The first kappa shape index (κ1) is 25.8. The summed E-state index contributed by atoms with van der Waals surface area (Å²) in [5.41, 5.74) is 6.29. The molecule has 1 amide bonds. The number of aromatic nitrogens is 2. The zero-order valence-corrected chi connectivity index (χ0v) is 20.9. The van der Waals surface area contributed by atoms with Gasteiger partial charge >= 0.3 is 6.09 Å². The summed E-state index contributed by atoms with van der Waals surface area (Å²) in [6.45, 7) is 8.38. The van der Waals surface area contributed by atoms with Crippen LogP contribution in [0.4, 0.5) is 9.18 Å². The molecule has 2 aromatic rings. The molecule has 0 spiro atoms. The van der Waals surface area contributed by atoms with Crippen LogP contribution in [-0.4, -0.2) is 70.3 Å². The minimum Gasteiger partial charge on any atom is -0.444 e. The Balaban J connectivity index is 0.00000363. The van der Waals surface area contributed by atoms with E-state index in [2.05, 4.69) is 15.1 Å². The fourth-order valence-electron chi connectivity index (χ4n) is 3.04. The summed E-state index contributed by atoms with van der Waals surface area (Å²) < 4.78 is 23.7. The molecule has 1 saturated heterocycles. The van der Waals surface area contributed by atoms with E-state index < -0.39 is 5.60 Å². The fraction of sp³-hybridized carbons (Fsp3) is 0.524. The first-order valence-electron chi connectivity index (χ1n) is 10.3.